The Hall–Kier alpha value is -3.06. The predicted molar refractivity (Wildman–Crippen MR) is 126 cm³/mol. The lowest BCUT2D eigenvalue weighted by atomic mass is 9.98. The van der Waals surface area contributed by atoms with E-state index in [2.05, 4.69) is 48.3 Å². The molecule has 2 fully saturated rings. The number of nitrogens with one attached hydrogen (secondary N) is 1. The minimum Gasteiger partial charge on any atom is -0.495 e. The van der Waals surface area contributed by atoms with Gasteiger partial charge < -0.3 is 19.9 Å². The Labute approximate surface area is 189 Å². The maximum atomic E-state index is 13.1. The molecule has 2 aliphatic rings. The number of carbonyl (C=O) groups excluding carboxylic acids is 2. The molecule has 2 heterocycles. The number of benzene rings is 2. The van der Waals surface area contributed by atoms with Crippen LogP contribution in [0.4, 0.5) is 16.2 Å². The van der Waals surface area contributed by atoms with Crippen LogP contribution in [0.1, 0.15) is 32.3 Å². The highest BCUT2D eigenvalue weighted by molar-refractivity contribution is 5.98. The van der Waals surface area contributed by atoms with Crippen molar-refractivity contribution in [3.63, 3.8) is 0 Å². The summed E-state index contributed by atoms with van der Waals surface area (Å²) in [4.78, 5) is 31.3. The van der Waals surface area contributed by atoms with Gasteiger partial charge in [0.2, 0.25) is 5.91 Å². The van der Waals surface area contributed by atoms with Crippen LogP contribution in [0.5, 0.6) is 5.75 Å². The SMILES string of the molecule is COc1ccc(NC(=O)N2CCN(Cc3ccccc3)C(C)(C)C2)cc1N1CCCC1=O. The third kappa shape index (κ3) is 4.72. The van der Waals surface area contributed by atoms with E-state index in [1.807, 2.05) is 23.1 Å². The fourth-order valence-electron chi connectivity index (χ4n) is 4.54. The molecule has 32 heavy (non-hydrogen) atoms. The second kappa shape index (κ2) is 9.20. The van der Waals surface area contributed by atoms with Crippen LogP contribution in [0.25, 0.3) is 0 Å². The Morgan fingerprint density at radius 1 is 1.09 bits per heavy atom. The number of urea groups is 1. The van der Waals surface area contributed by atoms with Crippen molar-refractivity contribution in [2.24, 2.45) is 0 Å². The maximum absolute atomic E-state index is 13.1. The average molecular weight is 437 g/mol. The summed E-state index contributed by atoms with van der Waals surface area (Å²) in [5.41, 5.74) is 2.51. The molecular weight excluding hydrogens is 404 g/mol. The molecule has 7 nitrogen and oxygen atoms in total. The van der Waals surface area contributed by atoms with Gasteiger partial charge in [-0.2, -0.15) is 0 Å². The number of carbonyl (C=O) groups is 2. The Morgan fingerprint density at radius 2 is 1.88 bits per heavy atom. The highest BCUT2D eigenvalue weighted by Crippen LogP contribution is 2.34. The van der Waals surface area contributed by atoms with E-state index in [0.29, 0.717) is 43.2 Å². The zero-order chi connectivity index (χ0) is 22.7. The molecule has 0 saturated carbocycles. The van der Waals surface area contributed by atoms with Crippen molar-refractivity contribution < 1.29 is 14.3 Å². The summed E-state index contributed by atoms with van der Waals surface area (Å²) in [5, 5.41) is 3.02. The van der Waals surface area contributed by atoms with E-state index in [4.69, 9.17) is 4.74 Å². The van der Waals surface area contributed by atoms with Gasteiger partial charge in [0.1, 0.15) is 5.75 Å². The minimum atomic E-state index is -0.140. The Bertz CT molecular complexity index is 976. The number of hydrogen-bond acceptors (Lipinski definition) is 4. The average Bonchev–Trinajstić information content (AvgIpc) is 3.21. The molecule has 2 saturated heterocycles. The summed E-state index contributed by atoms with van der Waals surface area (Å²) in [6.07, 6.45) is 1.38. The Kier molecular flexibility index (Phi) is 6.37. The zero-order valence-electron chi connectivity index (χ0n) is 19.1. The molecule has 0 spiro atoms. The summed E-state index contributed by atoms with van der Waals surface area (Å²) in [7, 11) is 1.59. The minimum absolute atomic E-state index is 0.0862. The van der Waals surface area contributed by atoms with Gasteiger partial charge in [0.05, 0.1) is 12.8 Å². The topological polar surface area (TPSA) is 65.1 Å². The second-order valence-electron chi connectivity index (χ2n) is 9.11. The molecule has 0 radical (unpaired) electrons. The molecule has 7 heteroatoms. The van der Waals surface area contributed by atoms with Crippen molar-refractivity contribution in [3.05, 3.63) is 54.1 Å². The van der Waals surface area contributed by atoms with Gasteiger partial charge in [-0.15, -0.1) is 0 Å². The van der Waals surface area contributed by atoms with E-state index in [1.165, 1.54) is 5.56 Å². The van der Waals surface area contributed by atoms with Gasteiger partial charge in [0.15, 0.2) is 0 Å². The molecule has 2 aliphatic heterocycles. The summed E-state index contributed by atoms with van der Waals surface area (Å²) in [6.45, 7) is 8.01. The quantitative estimate of drug-likeness (QED) is 0.771. The fraction of sp³-hybridized carbons (Fsp3) is 0.440. The standard InChI is InChI=1S/C25H32N4O3/c1-25(2)18-27(14-15-28(25)17-19-8-5-4-6-9-19)24(31)26-20-11-12-22(32-3)21(16-20)29-13-7-10-23(29)30/h4-6,8-9,11-12,16H,7,10,13-15,17-18H2,1-3H3,(H,26,31). The van der Waals surface area contributed by atoms with Crippen LogP contribution in [0.15, 0.2) is 48.5 Å². The number of amides is 3. The van der Waals surface area contributed by atoms with E-state index in [0.717, 1.165) is 19.5 Å². The third-order valence-electron chi connectivity index (χ3n) is 6.37. The molecule has 0 aliphatic carbocycles. The van der Waals surface area contributed by atoms with Crippen LogP contribution in [0, 0.1) is 0 Å². The van der Waals surface area contributed by atoms with Crippen molar-refractivity contribution >= 4 is 23.3 Å². The van der Waals surface area contributed by atoms with Crippen molar-refractivity contribution in [1.29, 1.82) is 0 Å². The van der Waals surface area contributed by atoms with Crippen molar-refractivity contribution in [2.45, 2.75) is 38.8 Å². The van der Waals surface area contributed by atoms with Crippen LogP contribution < -0.4 is 15.0 Å². The van der Waals surface area contributed by atoms with Gasteiger partial charge in [-0.3, -0.25) is 9.69 Å². The van der Waals surface area contributed by atoms with Crippen molar-refractivity contribution in [2.75, 3.05) is 43.5 Å². The first-order chi connectivity index (χ1) is 15.4. The summed E-state index contributed by atoms with van der Waals surface area (Å²) in [5.74, 6) is 0.719. The van der Waals surface area contributed by atoms with Gasteiger partial charge >= 0.3 is 6.03 Å². The molecule has 1 N–H and O–H groups in total. The summed E-state index contributed by atoms with van der Waals surface area (Å²) < 4.78 is 5.45. The lowest BCUT2D eigenvalue weighted by molar-refractivity contribution is -0.117. The van der Waals surface area contributed by atoms with Gasteiger partial charge in [0, 0.05) is 50.4 Å². The highest BCUT2D eigenvalue weighted by atomic mass is 16.5. The fourth-order valence-corrected chi connectivity index (χ4v) is 4.54. The van der Waals surface area contributed by atoms with E-state index in [-0.39, 0.29) is 17.5 Å². The van der Waals surface area contributed by atoms with Crippen LogP contribution in [-0.4, -0.2) is 60.6 Å². The van der Waals surface area contributed by atoms with Gasteiger partial charge in [-0.25, -0.2) is 4.79 Å². The normalized spacial score (nSPS) is 18.7. The summed E-state index contributed by atoms with van der Waals surface area (Å²) in [6, 6.07) is 15.8. The molecular formula is C25H32N4O3. The Balaban J connectivity index is 1.43. The van der Waals surface area contributed by atoms with Crippen molar-refractivity contribution in [1.82, 2.24) is 9.80 Å². The smallest absolute Gasteiger partial charge is 0.321 e. The van der Waals surface area contributed by atoms with Gasteiger partial charge in [-0.05, 0) is 44.0 Å². The Morgan fingerprint density at radius 3 is 2.53 bits per heavy atom. The van der Waals surface area contributed by atoms with Gasteiger partial charge in [0.25, 0.3) is 0 Å². The van der Waals surface area contributed by atoms with Crippen LogP contribution >= 0.6 is 0 Å². The van der Waals surface area contributed by atoms with Crippen LogP contribution in [-0.2, 0) is 11.3 Å². The number of methoxy groups -OCH3 is 1. The maximum Gasteiger partial charge on any atom is 0.321 e. The third-order valence-corrected chi connectivity index (χ3v) is 6.37. The van der Waals surface area contributed by atoms with Crippen LogP contribution in [0.2, 0.25) is 0 Å². The highest BCUT2D eigenvalue weighted by Gasteiger charge is 2.35. The van der Waals surface area contributed by atoms with E-state index in [9.17, 15) is 9.59 Å². The van der Waals surface area contributed by atoms with E-state index in [1.54, 1.807) is 18.1 Å². The van der Waals surface area contributed by atoms with E-state index >= 15 is 0 Å². The van der Waals surface area contributed by atoms with Crippen molar-refractivity contribution in [3.8, 4) is 5.75 Å². The van der Waals surface area contributed by atoms with Gasteiger partial charge in [-0.1, -0.05) is 30.3 Å². The number of anilines is 2. The number of rotatable bonds is 5. The first-order valence-corrected chi connectivity index (χ1v) is 11.2. The summed E-state index contributed by atoms with van der Waals surface area (Å²) >= 11 is 0. The monoisotopic (exact) mass is 436 g/mol. The zero-order valence-corrected chi connectivity index (χ0v) is 19.1. The molecule has 170 valence electrons. The molecule has 2 aromatic carbocycles. The molecule has 0 bridgehead atoms. The number of ether oxygens (including phenoxy) is 1. The largest absolute Gasteiger partial charge is 0.495 e. The first-order valence-electron chi connectivity index (χ1n) is 11.2. The number of piperazine rings is 1. The molecule has 2 aromatic rings. The van der Waals surface area contributed by atoms with Crippen LogP contribution in [0.3, 0.4) is 0 Å². The lowest BCUT2D eigenvalue weighted by Crippen LogP contribution is -2.60. The number of nitrogens with zero attached hydrogens (tertiary/aromatic N) is 3. The molecule has 0 unspecified atom stereocenters. The molecule has 3 amide bonds. The first kappa shape index (κ1) is 22.1. The molecule has 0 atom stereocenters. The van der Waals surface area contributed by atoms with E-state index < -0.39 is 0 Å². The predicted octanol–water partition coefficient (Wildman–Crippen LogP) is 3.95. The lowest BCUT2D eigenvalue weighted by Gasteiger charge is -2.47. The second-order valence-corrected chi connectivity index (χ2v) is 9.11. The molecule has 0 aromatic heterocycles. The molecule has 4 rings (SSSR count). The number of hydrogen-bond donors (Lipinski definition) is 1.